The van der Waals surface area contributed by atoms with Crippen LogP contribution in [0.5, 0.6) is 5.75 Å². The van der Waals surface area contributed by atoms with Crippen LogP contribution in [0, 0.1) is 15.9 Å². The Morgan fingerprint density at radius 2 is 2.00 bits per heavy atom. The number of amides is 1. The molecule has 0 saturated carbocycles. The third-order valence-electron chi connectivity index (χ3n) is 2.84. The number of phenolic OH excluding ortho intramolecular Hbond substituents is 1. The van der Waals surface area contributed by atoms with E-state index in [4.69, 9.17) is 4.74 Å². The lowest BCUT2D eigenvalue weighted by atomic mass is 10.2. The van der Waals surface area contributed by atoms with Gasteiger partial charge in [-0.05, 0) is 30.3 Å². The molecule has 0 fully saturated rings. The van der Waals surface area contributed by atoms with Gasteiger partial charge in [0.15, 0.2) is 6.61 Å². The second-order valence-corrected chi connectivity index (χ2v) is 4.60. The minimum absolute atomic E-state index is 0.0125. The first kappa shape index (κ1) is 16.9. The van der Waals surface area contributed by atoms with E-state index in [1.165, 1.54) is 24.3 Å². The quantitative estimate of drug-likeness (QED) is 0.492. The van der Waals surface area contributed by atoms with Gasteiger partial charge in [0.1, 0.15) is 5.75 Å². The Morgan fingerprint density at radius 3 is 2.67 bits per heavy atom. The van der Waals surface area contributed by atoms with Gasteiger partial charge in [-0.25, -0.2) is 4.79 Å². The topological polar surface area (TPSA) is 119 Å². The second-order valence-electron chi connectivity index (χ2n) is 4.60. The fourth-order valence-corrected chi connectivity index (χ4v) is 1.77. The van der Waals surface area contributed by atoms with Crippen LogP contribution in [0.2, 0.25) is 0 Å². The van der Waals surface area contributed by atoms with Gasteiger partial charge in [-0.3, -0.25) is 14.9 Å². The summed E-state index contributed by atoms with van der Waals surface area (Å²) in [5, 5.41) is 22.1. The maximum Gasteiger partial charge on any atom is 0.338 e. The van der Waals surface area contributed by atoms with Crippen molar-refractivity contribution < 1.29 is 28.7 Å². The van der Waals surface area contributed by atoms with Crippen LogP contribution in [0.1, 0.15) is 10.4 Å². The highest BCUT2D eigenvalue weighted by atomic mass is 19.1. The largest absolute Gasteiger partial charge is 0.508 e. The standard InChI is InChI=1S/C15H11FN2O6/c16-12-5-4-10(7-13(12)18(22)23)17-14(20)8-24-15(21)9-2-1-3-11(19)6-9/h1-7,19H,8H2,(H,17,20). The number of rotatable bonds is 5. The van der Waals surface area contributed by atoms with E-state index in [0.717, 1.165) is 18.2 Å². The predicted molar refractivity (Wildman–Crippen MR) is 80.1 cm³/mol. The summed E-state index contributed by atoms with van der Waals surface area (Å²) >= 11 is 0. The van der Waals surface area contributed by atoms with Gasteiger partial charge in [-0.15, -0.1) is 0 Å². The monoisotopic (exact) mass is 334 g/mol. The van der Waals surface area contributed by atoms with Crippen molar-refractivity contribution in [2.24, 2.45) is 0 Å². The number of phenols is 1. The van der Waals surface area contributed by atoms with Gasteiger partial charge in [-0.1, -0.05) is 6.07 Å². The average molecular weight is 334 g/mol. The van der Waals surface area contributed by atoms with Gasteiger partial charge in [-0.2, -0.15) is 4.39 Å². The summed E-state index contributed by atoms with van der Waals surface area (Å²) in [6.07, 6.45) is 0. The third-order valence-corrected chi connectivity index (χ3v) is 2.84. The molecule has 8 nitrogen and oxygen atoms in total. The molecule has 0 radical (unpaired) electrons. The first-order valence-electron chi connectivity index (χ1n) is 6.57. The third kappa shape index (κ3) is 4.26. The van der Waals surface area contributed by atoms with E-state index in [1.54, 1.807) is 0 Å². The van der Waals surface area contributed by atoms with E-state index in [0.29, 0.717) is 0 Å². The van der Waals surface area contributed by atoms with Gasteiger partial charge >= 0.3 is 11.7 Å². The normalized spacial score (nSPS) is 10.0. The van der Waals surface area contributed by atoms with Crippen molar-refractivity contribution in [1.82, 2.24) is 0 Å². The number of ether oxygens (including phenoxy) is 1. The molecule has 9 heteroatoms. The Labute approximate surface area is 134 Å². The Kier molecular flexibility index (Phi) is 5.05. The highest BCUT2D eigenvalue weighted by Gasteiger charge is 2.16. The van der Waals surface area contributed by atoms with E-state index in [1.807, 2.05) is 0 Å². The van der Waals surface area contributed by atoms with Crippen LogP contribution in [0.4, 0.5) is 15.8 Å². The Bertz CT molecular complexity index is 808. The van der Waals surface area contributed by atoms with Crippen LogP contribution >= 0.6 is 0 Å². The van der Waals surface area contributed by atoms with Crippen LogP contribution in [0.15, 0.2) is 42.5 Å². The number of nitrogens with one attached hydrogen (secondary N) is 1. The number of hydrogen-bond acceptors (Lipinski definition) is 6. The number of hydrogen-bond donors (Lipinski definition) is 2. The fourth-order valence-electron chi connectivity index (χ4n) is 1.77. The number of aromatic hydroxyl groups is 1. The molecule has 0 aromatic heterocycles. The van der Waals surface area contributed by atoms with Crippen molar-refractivity contribution in [2.75, 3.05) is 11.9 Å². The molecule has 0 aliphatic rings. The number of nitro groups is 1. The molecule has 0 bridgehead atoms. The first-order chi connectivity index (χ1) is 11.4. The van der Waals surface area contributed by atoms with Crippen LogP contribution in [0.3, 0.4) is 0 Å². The maximum atomic E-state index is 13.2. The molecule has 0 heterocycles. The lowest BCUT2D eigenvalue weighted by Crippen LogP contribution is -2.21. The lowest BCUT2D eigenvalue weighted by Gasteiger charge is -2.07. The van der Waals surface area contributed by atoms with E-state index < -0.39 is 34.9 Å². The molecule has 0 spiro atoms. The number of esters is 1. The van der Waals surface area contributed by atoms with Gasteiger partial charge in [0, 0.05) is 11.8 Å². The van der Waals surface area contributed by atoms with Crippen molar-refractivity contribution in [3.8, 4) is 5.75 Å². The highest BCUT2D eigenvalue weighted by molar-refractivity contribution is 5.95. The molecule has 24 heavy (non-hydrogen) atoms. The van der Waals surface area contributed by atoms with Crippen molar-refractivity contribution in [3.05, 3.63) is 64.0 Å². The summed E-state index contributed by atoms with van der Waals surface area (Å²) < 4.78 is 17.9. The van der Waals surface area contributed by atoms with E-state index in [9.17, 15) is 29.2 Å². The molecule has 0 atom stereocenters. The van der Waals surface area contributed by atoms with Crippen LogP contribution < -0.4 is 5.32 Å². The van der Waals surface area contributed by atoms with Crippen molar-refractivity contribution >= 4 is 23.3 Å². The van der Waals surface area contributed by atoms with Crippen molar-refractivity contribution in [1.29, 1.82) is 0 Å². The van der Waals surface area contributed by atoms with E-state index in [2.05, 4.69) is 5.32 Å². The number of carbonyl (C=O) groups excluding carboxylic acids is 2. The van der Waals surface area contributed by atoms with Crippen molar-refractivity contribution in [3.63, 3.8) is 0 Å². The molecule has 2 N–H and O–H groups in total. The zero-order valence-corrected chi connectivity index (χ0v) is 12.1. The Hall–Kier alpha value is -3.49. The average Bonchev–Trinajstić information content (AvgIpc) is 2.54. The summed E-state index contributed by atoms with van der Waals surface area (Å²) in [5.41, 5.74) is -0.744. The van der Waals surface area contributed by atoms with E-state index in [-0.39, 0.29) is 17.0 Å². The minimum Gasteiger partial charge on any atom is -0.508 e. The van der Waals surface area contributed by atoms with Gasteiger partial charge in [0.05, 0.1) is 10.5 Å². The predicted octanol–water partition coefficient (Wildman–Crippen LogP) is 2.24. The number of carbonyl (C=O) groups is 2. The summed E-state index contributed by atoms with van der Waals surface area (Å²) in [6, 6.07) is 8.19. The molecule has 1 amide bonds. The first-order valence-corrected chi connectivity index (χ1v) is 6.57. The van der Waals surface area contributed by atoms with Crippen LogP contribution in [-0.4, -0.2) is 28.5 Å². The number of halogens is 1. The summed E-state index contributed by atoms with van der Waals surface area (Å²) in [7, 11) is 0. The molecule has 2 aromatic carbocycles. The molecule has 0 unspecified atom stereocenters. The molecule has 0 aliphatic carbocycles. The molecule has 0 saturated heterocycles. The fraction of sp³-hybridized carbons (Fsp3) is 0.0667. The lowest BCUT2D eigenvalue weighted by molar-refractivity contribution is -0.387. The minimum atomic E-state index is -1.03. The highest BCUT2D eigenvalue weighted by Crippen LogP contribution is 2.21. The van der Waals surface area contributed by atoms with Crippen molar-refractivity contribution in [2.45, 2.75) is 0 Å². The van der Waals surface area contributed by atoms with Gasteiger partial charge in [0.25, 0.3) is 5.91 Å². The number of benzene rings is 2. The maximum absolute atomic E-state index is 13.2. The Balaban J connectivity index is 1.95. The summed E-state index contributed by atoms with van der Waals surface area (Å²) in [4.78, 5) is 33.1. The zero-order chi connectivity index (χ0) is 17.7. The zero-order valence-electron chi connectivity index (χ0n) is 12.1. The number of nitrogens with zero attached hydrogens (tertiary/aromatic N) is 1. The van der Waals surface area contributed by atoms with Gasteiger partial charge < -0.3 is 15.2 Å². The molecule has 2 aromatic rings. The molecule has 124 valence electrons. The summed E-state index contributed by atoms with van der Waals surface area (Å²) in [6.45, 7) is -0.653. The second kappa shape index (κ2) is 7.18. The van der Waals surface area contributed by atoms with Crippen LogP contribution in [0.25, 0.3) is 0 Å². The summed E-state index contributed by atoms with van der Waals surface area (Å²) in [5.74, 6) is -2.75. The number of nitro benzene ring substituents is 1. The van der Waals surface area contributed by atoms with Crippen LogP contribution in [-0.2, 0) is 9.53 Å². The van der Waals surface area contributed by atoms with E-state index >= 15 is 0 Å². The molecule has 2 rings (SSSR count). The molecular weight excluding hydrogens is 323 g/mol. The molecular formula is C15H11FN2O6. The molecule has 0 aliphatic heterocycles. The smallest absolute Gasteiger partial charge is 0.338 e. The SMILES string of the molecule is O=C(COC(=O)c1cccc(O)c1)Nc1ccc(F)c([N+](=O)[O-])c1. The number of anilines is 1. The Morgan fingerprint density at radius 1 is 1.25 bits per heavy atom. The van der Waals surface area contributed by atoms with Gasteiger partial charge in [0.2, 0.25) is 5.82 Å².